The minimum absolute atomic E-state index is 0.119. The van der Waals surface area contributed by atoms with Gasteiger partial charge in [0.15, 0.2) is 0 Å². The van der Waals surface area contributed by atoms with Crippen LogP contribution in [0, 0.1) is 11.6 Å². The van der Waals surface area contributed by atoms with Crippen molar-refractivity contribution in [3.63, 3.8) is 0 Å². The Labute approximate surface area is 111 Å². The number of hydrogen-bond acceptors (Lipinski definition) is 2. The molecule has 18 heavy (non-hydrogen) atoms. The van der Waals surface area contributed by atoms with Crippen LogP contribution in [0.4, 0.5) is 8.78 Å². The lowest BCUT2D eigenvalue weighted by Crippen LogP contribution is -2.21. The summed E-state index contributed by atoms with van der Waals surface area (Å²) in [4.78, 5) is 0. The first-order valence-corrected chi connectivity index (χ1v) is 7.49. The van der Waals surface area contributed by atoms with Crippen LogP contribution in [0.1, 0.15) is 37.3 Å². The van der Waals surface area contributed by atoms with E-state index in [1.54, 1.807) is 7.05 Å². The first kappa shape index (κ1) is 13.8. The maximum atomic E-state index is 13.7. The molecule has 1 aromatic rings. The van der Waals surface area contributed by atoms with Crippen molar-refractivity contribution in [2.24, 2.45) is 0 Å². The summed E-state index contributed by atoms with van der Waals surface area (Å²) in [5.41, 5.74) is 0.433. The molecule has 0 bridgehead atoms. The molecular formula is C14H19F2NS. The molecule has 1 unspecified atom stereocenters. The van der Waals surface area contributed by atoms with E-state index in [-0.39, 0.29) is 17.7 Å². The van der Waals surface area contributed by atoms with Gasteiger partial charge in [-0.05, 0) is 38.1 Å². The van der Waals surface area contributed by atoms with Crippen molar-refractivity contribution in [3.8, 4) is 0 Å². The largest absolute Gasteiger partial charge is 0.312 e. The Bertz CT molecular complexity index is 391. The van der Waals surface area contributed by atoms with Gasteiger partial charge in [0, 0.05) is 22.6 Å². The molecule has 0 saturated heterocycles. The zero-order chi connectivity index (χ0) is 13.0. The van der Waals surface area contributed by atoms with Crippen molar-refractivity contribution in [3.05, 3.63) is 35.4 Å². The summed E-state index contributed by atoms with van der Waals surface area (Å²) in [6.45, 7) is 0. The second kappa shape index (κ2) is 6.53. The molecule has 100 valence electrons. The molecule has 0 radical (unpaired) electrons. The van der Waals surface area contributed by atoms with Crippen molar-refractivity contribution >= 4 is 11.8 Å². The van der Waals surface area contributed by atoms with Crippen molar-refractivity contribution in [1.82, 2.24) is 5.32 Å². The molecule has 0 aromatic heterocycles. The lowest BCUT2D eigenvalue weighted by Gasteiger charge is -2.19. The molecule has 1 nitrogen and oxygen atoms in total. The topological polar surface area (TPSA) is 12.0 Å². The van der Waals surface area contributed by atoms with E-state index in [0.717, 1.165) is 11.8 Å². The number of thioether (sulfide) groups is 1. The third kappa shape index (κ3) is 3.45. The van der Waals surface area contributed by atoms with Gasteiger partial charge < -0.3 is 5.32 Å². The zero-order valence-corrected chi connectivity index (χ0v) is 11.4. The average molecular weight is 271 g/mol. The van der Waals surface area contributed by atoms with Crippen molar-refractivity contribution in [1.29, 1.82) is 0 Å². The molecule has 1 aliphatic carbocycles. The van der Waals surface area contributed by atoms with Gasteiger partial charge in [-0.25, -0.2) is 8.78 Å². The molecule has 4 heteroatoms. The van der Waals surface area contributed by atoms with Crippen LogP contribution in [-0.4, -0.2) is 18.1 Å². The van der Waals surface area contributed by atoms with Gasteiger partial charge in [-0.15, -0.1) is 0 Å². The number of halogens is 2. The molecule has 2 rings (SSSR count). The second-order valence-electron chi connectivity index (χ2n) is 4.75. The van der Waals surface area contributed by atoms with Gasteiger partial charge in [-0.1, -0.05) is 12.8 Å². The van der Waals surface area contributed by atoms with Gasteiger partial charge in [-0.3, -0.25) is 0 Å². The second-order valence-corrected chi connectivity index (χ2v) is 6.08. The minimum atomic E-state index is -0.377. The third-order valence-electron chi connectivity index (χ3n) is 3.48. The van der Waals surface area contributed by atoms with Crippen LogP contribution in [0.15, 0.2) is 18.2 Å². The Kier molecular flexibility index (Phi) is 5.01. The molecule has 1 aromatic carbocycles. The molecule has 1 aliphatic rings. The van der Waals surface area contributed by atoms with E-state index in [0.29, 0.717) is 10.8 Å². The normalized spacial score (nSPS) is 18.2. The average Bonchev–Trinajstić information content (AvgIpc) is 2.87. The van der Waals surface area contributed by atoms with E-state index in [1.807, 2.05) is 11.8 Å². The molecule has 1 saturated carbocycles. The number of rotatable bonds is 5. The predicted octanol–water partition coefficient (Wildman–Crippen LogP) is 3.90. The highest BCUT2D eigenvalue weighted by Gasteiger charge is 2.20. The zero-order valence-electron chi connectivity index (χ0n) is 10.6. The van der Waals surface area contributed by atoms with Crippen LogP contribution in [0.5, 0.6) is 0 Å². The summed E-state index contributed by atoms with van der Waals surface area (Å²) < 4.78 is 26.9. The van der Waals surface area contributed by atoms with Crippen LogP contribution in [0.25, 0.3) is 0 Å². The van der Waals surface area contributed by atoms with E-state index < -0.39 is 0 Å². The Morgan fingerprint density at radius 3 is 2.72 bits per heavy atom. The first-order chi connectivity index (χ1) is 8.70. The maximum absolute atomic E-state index is 13.7. The fourth-order valence-electron chi connectivity index (χ4n) is 2.40. The summed E-state index contributed by atoms with van der Waals surface area (Å²) in [6, 6.07) is 3.54. The molecular weight excluding hydrogens is 252 g/mol. The lowest BCUT2D eigenvalue weighted by atomic mass is 10.1. The van der Waals surface area contributed by atoms with Gasteiger partial charge in [0.25, 0.3) is 0 Å². The molecule has 0 aliphatic heterocycles. The fourth-order valence-corrected chi connectivity index (χ4v) is 3.88. The maximum Gasteiger partial charge on any atom is 0.128 e. The van der Waals surface area contributed by atoms with Crippen LogP contribution in [0.2, 0.25) is 0 Å². The lowest BCUT2D eigenvalue weighted by molar-refractivity contribution is 0.549. The van der Waals surface area contributed by atoms with Gasteiger partial charge in [0.05, 0.1) is 0 Å². The predicted molar refractivity (Wildman–Crippen MR) is 72.9 cm³/mol. The summed E-state index contributed by atoms with van der Waals surface area (Å²) in [6.07, 6.45) is 5.12. The first-order valence-electron chi connectivity index (χ1n) is 6.44. The van der Waals surface area contributed by atoms with E-state index >= 15 is 0 Å². The Hall–Kier alpha value is -0.610. The highest BCUT2D eigenvalue weighted by atomic mass is 32.2. The number of hydrogen-bond donors (Lipinski definition) is 1. The van der Waals surface area contributed by atoms with E-state index in [9.17, 15) is 8.78 Å². The summed E-state index contributed by atoms with van der Waals surface area (Å²) >= 11 is 1.87. The van der Waals surface area contributed by atoms with Crippen LogP contribution < -0.4 is 5.32 Å². The van der Waals surface area contributed by atoms with E-state index in [4.69, 9.17) is 0 Å². The number of benzene rings is 1. The van der Waals surface area contributed by atoms with Crippen LogP contribution >= 0.6 is 11.8 Å². The van der Waals surface area contributed by atoms with Crippen molar-refractivity contribution in [2.75, 3.05) is 12.8 Å². The monoisotopic (exact) mass is 271 g/mol. The van der Waals surface area contributed by atoms with Gasteiger partial charge >= 0.3 is 0 Å². The number of nitrogens with one attached hydrogen (secondary N) is 1. The minimum Gasteiger partial charge on any atom is -0.312 e. The molecule has 1 fully saturated rings. The van der Waals surface area contributed by atoms with Crippen molar-refractivity contribution < 1.29 is 8.78 Å². The SMILES string of the molecule is CNC(CSC1CCCC1)c1cc(F)ccc1F. The molecule has 0 heterocycles. The fraction of sp³-hybridized carbons (Fsp3) is 0.571. The van der Waals surface area contributed by atoms with Gasteiger partial charge in [-0.2, -0.15) is 11.8 Å². The Morgan fingerprint density at radius 2 is 2.06 bits per heavy atom. The van der Waals surface area contributed by atoms with Crippen molar-refractivity contribution in [2.45, 2.75) is 37.0 Å². The van der Waals surface area contributed by atoms with Crippen LogP contribution in [-0.2, 0) is 0 Å². The van der Waals surface area contributed by atoms with E-state index in [1.165, 1.54) is 37.8 Å². The summed E-state index contributed by atoms with van der Waals surface area (Å²) in [7, 11) is 1.80. The highest BCUT2D eigenvalue weighted by molar-refractivity contribution is 7.99. The van der Waals surface area contributed by atoms with E-state index in [2.05, 4.69) is 5.32 Å². The quantitative estimate of drug-likeness (QED) is 0.871. The standard InChI is InChI=1S/C14H19F2NS/c1-17-14(9-18-11-4-2-3-5-11)12-8-10(15)6-7-13(12)16/h6-8,11,14,17H,2-5,9H2,1H3. The molecule has 1 N–H and O–H groups in total. The smallest absolute Gasteiger partial charge is 0.128 e. The van der Waals surface area contributed by atoms with Gasteiger partial charge in [0.1, 0.15) is 11.6 Å². The Morgan fingerprint density at radius 1 is 1.33 bits per heavy atom. The van der Waals surface area contributed by atoms with Crippen LogP contribution in [0.3, 0.4) is 0 Å². The molecule has 1 atom stereocenters. The summed E-state index contributed by atoms with van der Waals surface area (Å²) in [5.74, 6) is 0.0851. The van der Waals surface area contributed by atoms with Gasteiger partial charge in [0.2, 0.25) is 0 Å². The highest BCUT2D eigenvalue weighted by Crippen LogP contribution is 2.32. The summed E-state index contributed by atoms with van der Waals surface area (Å²) in [5, 5.41) is 3.77. The molecule has 0 amide bonds. The molecule has 0 spiro atoms. The third-order valence-corrected chi connectivity index (χ3v) is 4.95. The Balaban J connectivity index is 2.00.